The Morgan fingerprint density at radius 1 is 1.18 bits per heavy atom. The fraction of sp³-hybridized carbons (Fsp3) is 1.00. The predicted molar refractivity (Wildman–Crippen MR) is 48.4 cm³/mol. The van der Waals surface area contributed by atoms with E-state index in [-0.39, 0.29) is 0 Å². The molecule has 11 heavy (non-hydrogen) atoms. The lowest BCUT2D eigenvalue weighted by molar-refractivity contribution is 0.0903. The Labute approximate surface area is 70.4 Å². The van der Waals surface area contributed by atoms with Gasteiger partial charge in [0, 0.05) is 0 Å². The minimum atomic E-state index is 0.632. The highest BCUT2D eigenvalue weighted by molar-refractivity contribution is 5.06. The van der Waals surface area contributed by atoms with Crippen LogP contribution in [0.2, 0.25) is 0 Å². The lowest BCUT2D eigenvalue weighted by Crippen LogP contribution is -2.32. The number of rotatable bonds is 0. The van der Waals surface area contributed by atoms with Crippen LogP contribution >= 0.6 is 0 Å². The van der Waals surface area contributed by atoms with E-state index in [9.17, 15) is 0 Å². The van der Waals surface area contributed by atoms with Gasteiger partial charge in [-0.3, -0.25) is 0 Å². The maximum Gasteiger partial charge on any atom is -0.0292 e. The first-order valence-corrected chi connectivity index (χ1v) is 4.97. The molecule has 0 spiro atoms. The third-order valence-electron chi connectivity index (χ3n) is 4.99. The molecule has 0 amide bonds. The van der Waals surface area contributed by atoms with E-state index in [1.54, 1.807) is 0 Å². The van der Waals surface area contributed by atoms with Gasteiger partial charge in [0.2, 0.25) is 0 Å². The quantitative estimate of drug-likeness (QED) is 0.498. The summed E-state index contributed by atoms with van der Waals surface area (Å²) < 4.78 is 0. The molecule has 0 aromatic heterocycles. The largest absolute Gasteiger partial charge is 0.0615 e. The molecule has 0 aromatic carbocycles. The standard InChI is InChI=1S/C11H20/c1-8-10(2,3)9-5-6-11(8,4)7-9/h8-9H,5-7H2,1-4H3/t8-,9?,11?/m0/s1. The summed E-state index contributed by atoms with van der Waals surface area (Å²) in [5.41, 5.74) is 1.33. The van der Waals surface area contributed by atoms with Crippen molar-refractivity contribution in [3.8, 4) is 0 Å². The molecule has 0 saturated heterocycles. The third kappa shape index (κ3) is 0.761. The van der Waals surface area contributed by atoms with Gasteiger partial charge in [-0.1, -0.05) is 27.7 Å². The van der Waals surface area contributed by atoms with Crippen molar-refractivity contribution in [1.29, 1.82) is 0 Å². The Morgan fingerprint density at radius 3 is 2.09 bits per heavy atom. The highest BCUT2D eigenvalue weighted by atomic mass is 14.6. The average Bonchev–Trinajstić information content (AvgIpc) is 2.36. The van der Waals surface area contributed by atoms with Crippen molar-refractivity contribution in [3.63, 3.8) is 0 Å². The molecule has 2 rings (SSSR count). The molecule has 2 fully saturated rings. The van der Waals surface area contributed by atoms with Gasteiger partial charge < -0.3 is 0 Å². The second kappa shape index (κ2) is 1.84. The van der Waals surface area contributed by atoms with E-state index in [1.807, 2.05) is 0 Å². The van der Waals surface area contributed by atoms with Crippen molar-refractivity contribution < 1.29 is 0 Å². The number of fused-ring (bicyclic) bond motifs is 2. The van der Waals surface area contributed by atoms with Gasteiger partial charge in [-0.05, 0) is 41.9 Å². The average molecular weight is 152 g/mol. The van der Waals surface area contributed by atoms with Crippen LogP contribution in [0.1, 0.15) is 47.0 Å². The molecule has 64 valence electrons. The van der Waals surface area contributed by atoms with Crippen LogP contribution in [-0.4, -0.2) is 0 Å². The Morgan fingerprint density at radius 2 is 1.82 bits per heavy atom. The molecular weight excluding hydrogens is 132 g/mol. The van der Waals surface area contributed by atoms with Crippen LogP contribution in [0.3, 0.4) is 0 Å². The molecule has 2 unspecified atom stereocenters. The molecule has 2 aliphatic rings. The molecule has 3 atom stereocenters. The molecule has 2 aliphatic carbocycles. The van der Waals surface area contributed by atoms with Gasteiger partial charge in [0.25, 0.3) is 0 Å². The highest BCUT2D eigenvalue weighted by Gasteiger charge is 2.56. The van der Waals surface area contributed by atoms with E-state index in [1.165, 1.54) is 19.3 Å². The van der Waals surface area contributed by atoms with Crippen molar-refractivity contribution in [3.05, 3.63) is 0 Å². The topological polar surface area (TPSA) is 0 Å². The maximum absolute atomic E-state index is 2.49. The Hall–Kier alpha value is 0. The maximum atomic E-state index is 2.49. The van der Waals surface area contributed by atoms with Crippen molar-refractivity contribution in [2.75, 3.05) is 0 Å². The normalized spacial score (nSPS) is 53.5. The number of hydrogen-bond acceptors (Lipinski definition) is 0. The second-order valence-electron chi connectivity index (χ2n) is 5.64. The lowest BCUT2D eigenvalue weighted by Gasteiger charge is -2.40. The van der Waals surface area contributed by atoms with E-state index in [0.29, 0.717) is 10.8 Å². The minimum absolute atomic E-state index is 0.632. The minimum Gasteiger partial charge on any atom is -0.0615 e. The molecule has 2 saturated carbocycles. The summed E-state index contributed by atoms with van der Waals surface area (Å²) in [4.78, 5) is 0. The summed E-state index contributed by atoms with van der Waals surface area (Å²) in [6.45, 7) is 9.88. The first-order valence-electron chi connectivity index (χ1n) is 4.97. The summed E-state index contributed by atoms with van der Waals surface area (Å²) in [5.74, 6) is 1.97. The van der Waals surface area contributed by atoms with E-state index in [2.05, 4.69) is 27.7 Å². The van der Waals surface area contributed by atoms with Gasteiger partial charge in [-0.25, -0.2) is 0 Å². The SMILES string of the molecule is C[C@@H]1C2(C)CCC(C2)C1(C)C. The monoisotopic (exact) mass is 152 g/mol. The fourth-order valence-electron chi connectivity index (χ4n) is 3.55. The van der Waals surface area contributed by atoms with E-state index in [0.717, 1.165) is 11.8 Å². The van der Waals surface area contributed by atoms with Crippen molar-refractivity contribution in [1.82, 2.24) is 0 Å². The summed E-state index contributed by atoms with van der Waals surface area (Å²) >= 11 is 0. The van der Waals surface area contributed by atoms with Crippen LogP contribution in [-0.2, 0) is 0 Å². The molecular formula is C11H20. The van der Waals surface area contributed by atoms with E-state index in [4.69, 9.17) is 0 Å². The van der Waals surface area contributed by atoms with Gasteiger partial charge in [-0.2, -0.15) is 0 Å². The van der Waals surface area contributed by atoms with Crippen molar-refractivity contribution >= 4 is 0 Å². The number of hydrogen-bond donors (Lipinski definition) is 0. The zero-order chi connectivity index (χ0) is 8.28. The summed E-state index contributed by atoms with van der Waals surface area (Å²) in [7, 11) is 0. The molecule has 0 heteroatoms. The van der Waals surface area contributed by atoms with Crippen molar-refractivity contribution in [2.24, 2.45) is 22.7 Å². The molecule has 0 aliphatic heterocycles. The zero-order valence-corrected chi connectivity index (χ0v) is 8.28. The van der Waals surface area contributed by atoms with Gasteiger partial charge in [-0.15, -0.1) is 0 Å². The smallest absolute Gasteiger partial charge is 0.0292 e. The molecule has 0 heterocycles. The molecule has 0 N–H and O–H groups in total. The van der Waals surface area contributed by atoms with Crippen LogP contribution in [0.15, 0.2) is 0 Å². The molecule has 2 bridgehead atoms. The summed E-state index contributed by atoms with van der Waals surface area (Å²) in [6, 6.07) is 0. The van der Waals surface area contributed by atoms with Gasteiger partial charge in [0.05, 0.1) is 0 Å². The van der Waals surface area contributed by atoms with Crippen LogP contribution in [0.25, 0.3) is 0 Å². The summed E-state index contributed by atoms with van der Waals surface area (Å²) in [5, 5.41) is 0. The Kier molecular flexibility index (Phi) is 1.28. The van der Waals surface area contributed by atoms with Gasteiger partial charge >= 0.3 is 0 Å². The van der Waals surface area contributed by atoms with Crippen LogP contribution in [0, 0.1) is 22.7 Å². The Balaban J connectivity index is 2.34. The van der Waals surface area contributed by atoms with Gasteiger partial charge in [0.15, 0.2) is 0 Å². The first-order chi connectivity index (χ1) is 4.97. The molecule has 0 radical (unpaired) electrons. The van der Waals surface area contributed by atoms with Gasteiger partial charge in [0.1, 0.15) is 0 Å². The van der Waals surface area contributed by atoms with Crippen LogP contribution in [0.5, 0.6) is 0 Å². The van der Waals surface area contributed by atoms with Crippen LogP contribution < -0.4 is 0 Å². The van der Waals surface area contributed by atoms with E-state index >= 15 is 0 Å². The lowest BCUT2D eigenvalue weighted by atomic mass is 9.65. The summed E-state index contributed by atoms with van der Waals surface area (Å²) in [6.07, 6.45) is 4.48. The Bertz CT molecular complexity index is 176. The third-order valence-corrected chi connectivity index (χ3v) is 4.99. The predicted octanol–water partition coefficient (Wildman–Crippen LogP) is 3.47. The van der Waals surface area contributed by atoms with E-state index < -0.39 is 0 Å². The molecule has 0 aromatic rings. The first kappa shape index (κ1) is 7.64. The molecule has 0 nitrogen and oxygen atoms in total. The fourth-order valence-corrected chi connectivity index (χ4v) is 3.55. The van der Waals surface area contributed by atoms with Crippen LogP contribution in [0.4, 0.5) is 0 Å². The van der Waals surface area contributed by atoms with Crippen molar-refractivity contribution in [2.45, 2.75) is 47.0 Å². The highest BCUT2D eigenvalue weighted by Crippen LogP contribution is 2.65. The second-order valence-corrected chi connectivity index (χ2v) is 5.64. The zero-order valence-electron chi connectivity index (χ0n) is 8.28.